The number of aliphatic hydroxyl groups excluding tert-OH is 1. The van der Waals surface area contributed by atoms with Gasteiger partial charge in [0.15, 0.2) is 17.5 Å². The molecule has 1 rings (SSSR count). The summed E-state index contributed by atoms with van der Waals surface area (Å²) in [5.74, 6) is -5.02. The molecule has 0 aliphatic rings. The van der Waals surface area contributed by atoms with E-state index >= 15 is 0 Å². The summed E-state index contributed by atoms with van der Waals surface area (Å²) in [5, 5.41) is 8.50. The lowest BCUT2D eigenvalue weighted by atomic mass is 10.3. The van der Waals surface area contributed by atoms with Crippen molar-refractivity contribution < 1.29 is 26.7 Å². The van der Waals surface area contributed by atoms with Crippen LogP contribution in [0.2, 0.25) is 0 Å². The SMILES string of the molecule is O=S(=O)(NCCCCO)c1ccc(F)c(F)c1F. The van der Waals surface area contributed by atoms with Gasteiger partial charge in [0.25, 0.3) is 0 Å². The Morgan fingerprint density at radius 2 is 1.78 bits per heavy atom. The van der Waals surface area contributed by atoms with Gasteiger partial charge in [0.05, 0.1) is 0 Å². The first-order valence-electron chi connectivity index (χ1n) is 5.14. The van der Waals surface area contributed by atoms with Crippen molar-refractivity contribution in [1.29, 1.82) is 0 Å². The fraction of sp³-hybridized carbons (Fsp3) is 0.400. The molecule has 0 heterocycles. The molecule has 0 fully saturated rings. The second kappa shape index (κ2) is 6.17. The number of sulfonamides is 1. The van der Waals surface area contributed by atoms with E-state index in [1.165, 1.54) is 0 Å². The van der Waals surface area contributed by atoms with E-state index in [1.54, 1.807) is 0 Å². The molecular weight excluding hydrogens is 271 g/mol. The van der Waals surface area contributed by atoms with Crippen LogP contribution in [0.25, 0.3) is 0 Å². The molecule has 0 amide bonds. The summed E-state index contributed by atoms with van der Waals surface area (Å²) < 4.78 is 64.0. The van der Waals surface area contributed by atoms with Crippen LogP contribution < -0.4 is 4.72 Å². The van der Waals surface area contributed by atoms with Crippen LogP contribution in [-0.2, 0) is 10.0 Å². The summed E-state index contributed by atoms with van der Waals surface area (Å²) in [6.07, 6.45) is 0.726. The monoisotopic (exact) mass is 283 g/mol. The van der Waals surface area contributed by atoms with Gasteiger partial charge in [-0.2, -0.15) is 0 Å². The summed E-state index contributed by atoms with van der Waals surface area (Å²) in [4.78, 5) is -0.939. The van der Waals surface area contributed by atoms with Crippen molar-refractivity contribution in [1.82, 2.24) is 4.72 Å². The third-order valence-electron chi connectivity index (χ3n) is 2.17. The molecule has 0 saturated heterocycles. The molecule has 1 aromatic rings. The van der Waals surface area contributed by atoms with Gasteiger partial charge in [-0.1, -0.05) is 0 Å². The van der Waals surface area contributed by atoms with Crippen LogP contribution in [0.1, 0.15) is 12.8 Å². The number of nitrogens with one attached hydrogen (secondary N) is 1. The van der Waals surface area contributed by atoms with E-state index < -0.39 is 32.4 Å². The first-order chi connectivity index (χ1) is 8.40. The molecule has 0 atom stereocenters. The Morgan fingerprint density at radius 3 is 2.39 bits per heavy atom. The Bertz CT molecular complexity index is 519. The highest BCUT2D eigenvalue weighted by atomic mass is 32.2. The molecule has 0 bridgehead atoms. The maximum Gasteiger partial charge on any atom is 0.243 e. The molecule has 0 aliphatic heterocycles. The van der Waals surface area contributed by atoms with Crippen molar-refractivity contribution in [2.24, 2.45) is 0 Å². The van der Waals surface area contributed by atoms with E-state index in [0.717, 1.165) is 0 Å². The summed E-state index contributed by atoms with van der Waals surface area (Å²) in [5.41, 5.74) is 0. The van der Waals surface area contributed by atoms with Gasteiger partial charge in [-0.15, -0.1) is 0 Å². The topological polar surface area (TPSA) is 66.4 Å². The van der Waals surface area contributed by atoms with Crippen molar-refractivity contribution in [3.63, 3.8) is 0 Å². The molecule has 2 N–H and O–H groups in total. The number of rotatable bonds is 6. The number of benzene rings is 1. The van der Waals surface area contributed by atoms with Gasteiger partial charge in [-0.3, -0.25) is 0 Å². The number of hydrogen-bond acceptors (Lipinski definition) is 3. The zero-order chi connectivity index (χ0) is 13.8. The Morgan fingerprint density at radius 1 is 1.11 bits per heavy atom. The lowest BCUT2D eigenvalue weighted by Crippen LogP contribution is -2.26. The van der Waals surface area contributed by atoms with E-state index in [2.05, 4.69) is 0 Å². The molecule has 1 aromatic carbocycles. The average Bonchev–Trinajstić information content (AvgIpc) is 2.31. The van der Waals surface area contributed by atoms with E-state index in [9.17, 15) is 21.6 Å². The zero-order valence-corrected chi connectivity index (χ0v) is 10.1. The summed E-state index contributed by atoms with van der Waals surface area (Å²) in [6, 6.07) is 1.20. The van der Waals surface area contributed by atoms with Crippen LogP contribution in [0.5, 0.6) is 0 Å². The Balaban J connectivity index is 2.89. The van der Waals surface area contributed by atoms with Gasteiger partial charge in [0, 0.05) is 13.2 Å². The predicted octanol–water partition coefficient (Wildman–Crippen LogP) is 1.15. The number of halogens is 3. The van der Waals surface area contributed by atoms with Crippen LogP contribution in [-0.4, -0.2) is 26.7 Å². The van der Waals surface area contributed by atoms with Gasteiger partial charge in [0.2, 0.25) is 10.0 Å². The second-order valence-corrected chi connectivity index (χ2v) is 5.24. The van der Waals surface area contributed by atoms with Gasteiger partial charge in [0.1, 0.15) is 4.90 Å². The smallest absolute Gasteiger partial charge is 0.243 e. The van der Waals surface area contributed by atoms with E-state index in [0.29, 0.717) is 25.0 Å². The quantitative estimate of drug-likeness (QED) is 0.608. The van der Waals surface area contributed by atoms with Crippen molar-refractivity contribution in [2.45, 2.75) is 17.7 Å². The van der Waals surface area contributed by atoms with Gasteiger partial charge in [-0.05, 0) is 25.0 Å². The van der Waals surface area contributed by atoms with Crippen LogP contribution in [0, 0.1) is 17.5 Å². The first-order valence-corrected chi connectivity index (χ1v) is 6.62. The molecule has 0 spiro atoms. The summed E-state index contributed by atoms with van der Waals surface area (Å²) in [7, 11) is -4.22. The highest BCUT2D eigenvalue weighted by Gasteiger charge is 2.23. The average molecular weight is 283 g/mol. The van der Waals surface area contributed by atoms with E-state index in [-0.39, 0.29) is 13.2 Å². The number of hydrogen-bond donors (Lipinski definition) is 2. The zero-order valence-electron chi connectivity index (χ0n) is 9.29. The van der Waals surface area contributed by atoms with Gasteiger partial charge >= 0.3 is 0 Å². The lowest BCUT2D eigenvalue weighted by Gasteiger charge is -2.07. The van der Waals surface area contributed by atoms with Crippen molar-refractivity contribution in [3.05, 3.63) is 29.6 Å². The highest BCUT2D eigenvalue weighted by Crippen LogP contribution is 2.19. The molecule has 0 unspecified atom stereocenters. The predicted molar refractivity (Wildman–Crippen MR) is 57.8 cm³/mol. The lowest BCUT2D eigenvalue weighted by molar-refractivity contribution is 0.285. The second-order valence-electron chi connectivity index (χ2n) is 3.50. The Kier molecular flexibility index (Phi) is 5.12. The standard InChI is InChI=1S/C10H12F3NO3S/c11-7-3-4-8(10(13)9(7)12)18(16,17)14-5-1-2-6-15/h3-4,14-15H,1-2,5-6H2. The highest BCUT2D eigenvalue weighted by molar-refractivity contribution is 7.89. The summed E-state index contributed by atoms with van der Waals surface area (Å²) >= 11 is 0. The van der Waals surface area contributed by atoms with Gasteiger partial charge < -0.3 is 5.11 Å². The fourth-order valence-electron chi connectivity index (χ4n) is 1.24. The molecule has 4 nitrogen and oxygen atoms in total. The third kappa shape index (κ3) is 3.44. The van der Waals surface area contributed by atoms with Crippen LogP contribution in [0.4, 0.5) is 13.2 Å². The Labute approximate surface area is 102 Å². The third-order valence-corrected chi connectivity index (χ3v) is 3.64. The van der Waals surface area contributed by atoms with E-state index in [1.807, 2.05) is 4.72 Å². The van der Waals surface area contributed by atoms with E-state index in [4.69, 9.17) is 5.11 Å². The molecule has 8 heteroatoms. The van der Waals surface area contributed by atoms with Crippen LogP contribution >= 0.6 is 0 Å². The Hall–Kier alpha value is -1.12. The molecule has 0 aromatic heterocycles. The molecule has 0 radical (unpaired) electrons. The minimum atomic E-state index is -4.22. The maximum atomic E-state index is 13.3. The van der Waals surface area contributed by atoms with Crippen LogP contribution in [0.3, 0.4) is 0 Å². The maximum absolute atomic E-state index is 13.3. The fourth-order valence-corrected chi connectivity index (χ4v) is 2.38. The molecule has 18 heavy (non-hydrogen) atoms. The largest absolute Gasteiger partial charge is 0.396 e. The van der Waals surface area contributed by atoms with Crippen molar-refractivity contribution >= 4 is 10.0 Å². The van der Waals surface area contributed by atoms with Crippen molar-refractivity contribution in [3.8, 4) is 0 Å². The molecule has 0 saturated carbocycles. The number of unbranched alkanes of at least 4 members (excludes halogenated alkanes) is 1. The van der Waals surface area contributed by atoms with Crippen molar-refractivity contribution in [2.75, 3.05) is 13.2 Å². The molecule has 102 valence electrons. The molecular formula is C10H12F3NO3S. The molecule has 0 aliphatic carbocycles. The van der Waals surface area contributed by atoms with Crippen LogP contribution in [0.15, 0.2) is 17.0 Å². The summed E-state index contributed by atoms with van der Waals surface area (Å²) in [6.45, 7) is -0.122. The first kappa shape index (κ1) is 14.9. The normalized spacial score (nSPS) is 11.8. The number of aliphatic hydroxyl groups is 1. The van der Waals surface area contributed by atoms with Gasteiger partial charge in [-0.25, -0.2) is 26.3 Å². The minimum absolute atomic E-state index is 0.0265. The minimum Gasteiger partial charge on any atom is -0.396 e.